The summed E-state index contributed by atoms with van der Waals surface area (Å²) in [5.41, 5.74) is 1.68. The third-order valence-corrected chi connectivity index (χ3v) is 5.00. The number of para-hydroxylation sites is 1. The third kappa shape index (κ3) is 3.06. The topological polar surface area (TPSA) is 79.8 Å². The first kappa shape index (κ1) is 15.6. The van der Waals surface area contributed by atoms with Crippen LogP contribution in [0.25, 0.3) is 21.9 Å². The highest BCUT2D eigenvalue weighted by Crippen LogP contribution is 2.20. The number of benzene rings is 1. The van der Waals surface area contributed by atoms with Crippen molar-refractivity contribution in [1.82, 2.24) is 19.9 Å². The van der Waals surface area contributed by atoms with Gasteiger partial charge in [-0.3, -0.25) is 14.2 Å². The molecule has 0 atom stereocenters. The highest BCUT2D eigenvalue weighted by Gasteiger charge is 2.12. The van der Waals surface area contributed by atoms with Gasteiger partial charge >= 0.3 is 0 Å². The molecule has 3 aromatic heterocycles. The minimum absolute atomic E-state index is 0.0401. The van der Waals surface area contributed by atoms with Crippen molar-refractivity contribution in [1.29, 1.82) is 0 Å². The molecule has 6 nitrogen and oxygen atoms in total. The molecule has 1 aromatic carbocycles. The number of aromatic nitrogens is 3. The Morgan fingerprint density at radius 2 is 2.12 bits per heavy atom. The smallest absolute Gasteiger partial charge is 0.278 e. The molecule has 0 saturated heterocycles. The molecule has 1 amide bonds. The number of aromatic amines is 1. The Morgan fingerprint density at radius 3 is 2.96 bits per heavy atom. The fourth-order valence-corrected chi connectivity index (χ4v) is 3.55. The highest BCUT2D eigenvalue weighted by atomic mass is 32.1. The summed E-state index contributed by atoms with van der Waals surface area (Å²) in [6, 6.07) is 11.7. The Labute approximate surface area is 147 Å². The van der Waals surface area contributed by atoms with Gasteiger partial charge in [0.05, 0.1) is 6.33 Å². The van der Waals surface area contributed by atoms with Crippen LogP contribution < -0.4 is 10.9 Å². The van der Waals surface area contributed by atoms with Crippen LogP contribution >= 0.6 is 11.3 Å². The van der Waals surface area contributed by atoms with Gasteiger partial charge in [0.15, 0.2) is 0 Å². The molecule has 7 heteroatoms. The average molecular weight is 352 g/mol. The molecular formula is C18H16N4O2S. The van der Waals surface area contributed by atoms with Gasteiger partial charge in [-0.05, 0) is 23.9 Å². The summed E-state index contributed by atoms with van der Waals surface area (Å²) in [6.45, 7) is 0.512. The van der Waals surface area contributed by atoms with E-state index in [1.54, 1.807) is 11.3 Å². The Kier molecular flexibility index (Phi) is 4.07. The van der Waals surface area contributed by atoms with E-state index < -0.39 is 0 Å². The Morgan fingerprint density at radius 1 is 1.24 bits per heavy atom. The monoisotopic (exact) mass is 352 g/mol. The van der Waals surface area contributed by atoms with Crippen molar-refractivity contribution in [3.05, 3.63) is 63.3 Å². The van der Waals surface area contributed by atoms with Gasteiger partial charge in [-0.15, -0.1) is 11.3 Å². The molecule has 4 rings (SSSR count). The van der Waals surface area contributed by atoms with Crippen molar-refractivity contribution in [2.24, 2.45) is 0 Å². The summed E-state index contributed by atoms with van der Waals surface area (Å²) < 4.78 is 1.33. The standard InChI is InChI=1S/C18H16N4O2S/c23-15(19-8-7-12-4-3-9-25-12)10-22-11-20-16-13-5-1-2-6-14(13)21-17(16)18(22)24/h1-6,9,11,21H,7-8,10H2,(H,19,23). The van der Waals surface area contributed by atoms with Gasteiger partial charge in [0.1, 0.15) is 17.6 Å². The van der Waals surface area contributed by atoms with Crippen molar-refractivity contribution in [3.8, 4) is 0 Å². The average Bonchev–Trinajstić information content (AvgIpc) is 3.25. The Hall–Kier alpha value is -2.93. The predicted molar refractivity (Wildman–Crippen MR) is 98.9 cm³/mol. The molecule has 0 fully saturated rings. The lowest BCUT2D eigenvalue weighted by molar-refractivity contribution is -0.121. The molecule has 126 valence electrons. The molecule has 2 N–H and O–H groups in total. The van der Waals surface area contributed by atoms with E-state index in [4.69, 9.17) is 0 Å². The first-order chi connectivity index (χ1) is 12.2. The minimum atomic E-state index is -0.241. The molecule has 0 aliphatic heterocycles. The fourth-order valence-electron chi connectivity index (χ4n) is 2.84. The summed E-state index contributed by atoms with van der Waals surface area (Å²) >= 11 is 1.66. The van der Waals surface area contributed by atoms with Crippen LogP contribution in [0.1, 0.15) is 4.88 Å². The summed E-state index contributed by atoms with van der Waals surface area (Å²) in [7, 11) is 0. The van der Waals surface area contributed by atoms with Crippen LogP contribution in [0.3, 0.4) is 0 Å². The third-order valence-electron chi connectivity index (χ3n) is 4.07. The van der Waals surface area contributed by atoms with Crippen molar-refractivity contribution >= 4 is 39.2 Å². The largest absolute Gasteiger partial charge is 0.354 e. The van der Waals surface area contributed by atoms with E-state index in [-0.39, 0.29) is 18.0 Å². The zero-order valence-electron chi connectivity index (χ0n) is 13.4. The van der Waals surface area contributed by atoms with Crippen LogP contribution in [-0.2, 0) is 17.8 Å². The number of hydrogen-bond donors (Lipinski definition) is 2. The summed E-state index contributed by atoms with van der Waals surface area (Å²) in [6.07, 6.45) is 2.22. The number of carbonyl (C=O) groups is 1. The van der Waals surface area contributed by atoms with Gasteiger partial charge in [0, 0.05) is 22.3 Å². The Bertz CT molecular complexity index is 1100. The van der Waals surface area contributed by atoms with Crippen molar-refractivity contribution in [2.45, 2.75) is 13.0 Å². The number of carbonyl (C=O) groups excluding carboxylic acids is 1. The Balaban J connectivity index is 1.51. The molecule has 0 aliphatic rings. The molecule has 25 heavy (non-hydrogen) atoms. The van der Waals surface area contributed by atoms with Gasteiger partial charge in [0.2, 0.25) is 5.91 Å². The first-order valence-corrected chi connectivity index (χ1v) is 8.85. The maximum atomic E-state index is 12.6. The first-order valence-electron chi connectivity index (χ1n) is 7.97. The van der Waals surface area contributed by atoms with E-state index in [1.165, 1.54) is 15.8 Å². The number of nitrogens with one attached hydrogen (secondary N) is 2. The van der Waals surface area contributed by atoms with Gasteiger partial charge in [-0.25, -0.2) is 4.98 Å². The molecule has 0 unspecified atom stereocenters. The number of nitrogens with zero attached hydrogens (tertiary/aromatic N) is 2. The maximum absolute atomic E-state index is 12.6. The molecule has 0 spiro atoms. The van der Waals surface area contributed by atoms with Crippen LogP contribution in [0.15, 0.2) is 52.9 Å². The second-order valence-corrected chi connectivity index (χ2v) is 6.78. The predicted octanol–water partition coefficient (Wildman–Crippen LogP) is 2.30. The summed E-state index contributed by atoms with van der Waals surface area (Å²) in [4.78, 5) is 33.4. The molecule has 0 radical (unpaired) electrons. The van der Waals surface area contributed by atoms with Crippen LogP contribution in [-0.4, -0.2) is 27.0 Å². The van der Waals surface area contributed by atoms with E-state index in [0.717, 1.165) is 17.3 Å². The maximum Gasteiger partial charge on any atom is 0.278 e. The van der Waals surface area contributed by atoms with Gasteiger partial charge in [-0.2, -0.15) is 0 Å². The van der Waals surface area contributed by atoms with E-state index in [1.807, 2.05) is 41.8 Å². The number of fused-ring (bicyclic) bond motifs is 3. The zero-order valence-corrected chi connectivity index (χ0v) is 14.2. The van der Waals surface area contributed by atoms with E-state index >= 15 is 0 Å². The van der Waals surface area contributed by atoms with Crippen molar-refractivity contribution in [2.75, 3.05) is 6.54 Å². The van der Waals surface area contributed by atoms with Crippen LogP contribution in [0, 0.1) is 0 Å². The van der Waals surface area contributed by atoms with E-state index in [2.05, 4.69) is 15.3 Å². The van der Waals surface area contributed by atoms with Crippen LogP contribution in [0.4, 0.5) is 0 Å². The fraction of sp³-hybridized carbons (Fsp3) is 0.167. The van der Waals surface area contributed by atoms with E-state index in [9.17, 15) is 9.59 Å². The molecule has 0 bridgehead atoms. The zero-order chi connectivity index (χ0) is 17.2. The number of thiophene rings is 1. The molecule has 4 aromatic rings. The van der Waals surface area contributed by atoms with E-state index in [0.29, 0.717) is 17.6 Å². The normalized spacial score (nSPS) is 11.2. The second kappa shape index (κ2) is 6.52. The van der Waals surface area contributed by atoms with Crippen LogP contribution in [0.5, 0.6) is 0 Å². The van der Waals surface area contributed by atoms with Crippen molar-refractivity contribution in [3.63, 3.8) is 0 Å². The van der Waals surface area contributed by atoms with Crippen LogP contribution in [0.2, 0.25) is 0 Å². The number of hydrogen-bond acceptors (Lipinski definition) is 4. The lowest BCUT2D eigenvalue weighted by Crippen LogP contribution is -2.33. The lowest BCUT2D eigenvalue weighted by Gasteiger charge is -2.06. The number of rotatable bonds is 5. The van der Waals surface area contributed by atoms with Gasteiger partial charge in [0.25, 0.3) is 5.56 Å². The van der Waals surface area contributed by atoms with Gasteiger partial charge < -0.3 is 10.3 Å². The van der Waals surface area contributed by atoms with Crippen molar-refractivity contribution < 1.29 is 4.79 Å². The SMILES string of the molecule is O=C(Cn1cnc2c([nH]c3ccccc32)c1=O)NCCc1cccs1. The molecule has 0 aliphatic carbocycles. The summed E-state index contributed by atoms with van der Waals surface area (Å²) in [5.74, 6) is -0.198. The molecular weight excluding hydrogens is 336 g/mol. The quantitative estimate of drug-likeness (QED) is 0.578. The number of H-pyrrole nitrogens is 1. The highest BCUT2D eigenvalue weighted by molar-refractivity contribution is 7.09. The molecule has 3 heterocycles. The number of amides is 1. The van der Waals surface area contributed by atoms with Gasteiger partial charge in [-0.1, -0.05) is 24.3 Å². The second-order valence-electron chi connectivity index (χ2n) is 5.75. The minimum Gasteiger partial charge on any atom is -0.354 e. The summed E-state index contributed by atoms with van der Waals surface area (Å²) in [5, 5.41) is 5.76. The lowest BCUT2D eigenvalue weighted by atomic mass is 10.2. The molecule has 0 saturated carbocycles.